The Hall–Kier alpha value is -3.80. The molecular formula is C34H36F6N2O4. The van der Waals surface area contributed by atoms with Gasteiger partial charge in [0.1, 0.15) is 11.3 Å². The van der Waals surface area contributed by atoms with E-state index in [0.717, 1.165) is 21.7 Å². The molecule has 3 aromatic rings. The number of nitrogens with one attached hydrogen (secondary N) is 1. The van der Waals surface area contributed by atoms with Crippen molar-refractivity contribution in [1.82, 2.24) is 10.2 Å². The van der Waals surface area contributed by atoms with Crippen LogP contribution in [0, 0.1) is 0 Å². The van der Waals surface area contributed by atoms with Gasteiger partial charge in [-0.15, -0.1) is 0 Å². The van der Waals surface area contributed by atoms with Crippen LogP contribution >= 0.6 is 0 Å². The minimum atomic E-state index is -5.71. The van der Waals surface area contributed by atoms with Crippen molar-refractivity contribution in [3.63, 3.8) is 0 Å². The Kier molecular flexibility index (Phi) is 9.07. The van der Waals surface area contributed by atoms with E-state index in [1.807, 2.05) is 42.5 Å². The quantitative estimate of drug-likeness (QED) is 0.129. The molecule has 0 aliphatic carbocycles. The van der Waals surface area contributed by atoms with E-state index >= 15 is 0 Å². The maximum atomic E-state index is 14.1. The molecule has 1 atom stereocenters. The Balaban J connectivity index is 1.31. The SMILES string of the molecule is CCCc1cc2c(c(CCC)c1OCCCCN1C(=O)NC(C)(c3ccc4ccccc4c3)C1=O)COC2(C(F)(F)F)C(F)(F)F. The van der Waals surface area contributed by atoms with Crippen molar-refractivity contribution in [2.75, 3.05) is 13.2 Å². The summed E-state index contributed by atoms with van der Waals surface area (Å²) in [4.78, 5) is 27.4. The van der Waals surface area contributed by atoms with E-state index in [0.29, 0.717) is 36.8 Å². The third-order valence-electron chi connectivity index (χ3n) is 8.83. The molecule has 46 heavy (non-hydrogen) atoms. The van der Waals surface area contributed by atoms with Gasteiger partial charge in [0.05, 0.1) is 13.2 Å². The van der Waals surface area contributed by atoms with Crippen LogP contribution in [-0.4, -0.2) is 42.3 Å². The van der Waals surface area contributed by atoms with Gasteiger partial charge in [-0.25, -0.2) is 4.79 Å². The van der Waals surface area contributed by atoms with Crippen molar-refractivity contribution in [2.45, 2.75) is 89.4 Å². The number of ether oxygens (including phenoxy) is 2. The number of fused-ring (bicyclic) bond motifs is 2. The van der Waals surface area contributed by atoms with Gasteiger partial charge in [-0.2, -0.15) is 26.3 Å². The number of urea groups is 1. The molecule has 0 bridgehead atoms. The molecular weight excluding hydrogens is 614 g/mol. The van der Waals surface area contributed by atoms with Crippen LogP contribution in [0.1, 0.15) is 74.3 Å². The molecule has 2 aliphatic heterocycles. The third kappa shape index (κ3) is 5.58. The van der Waals surface area contributed by atoms with Crippen LogP contribution in [0.15, 0.2) is 48.5 Å². The van der Waals surface area contributed by atoms with E-state index in [9.17, 15) is 35.9 Å². The summed E-state index contributed by atoms with van der Waals surface area (Å²) in [5.74, 6) is -0.106. The van der Waals surface area contributed by atoms with Gasteiger partial charge in [-0.05, 0) is 72.2 Å². The fourth-order valence-electron chi connectivity index (χ4n) is 6.48. The number of hydrogen-bond acceptors (Lipinski definition) is 4. The van der Waals surface area contributed by atoms with Crippen molar-refractivity contribution in [2.24, 2.45) is 0 Å². The zero-order valence-electron chi connectivity index (χ0n) is 25.8. The number of amides is 3. The second-order valence-electron chi connectivity index (χ2n) is 12.0. The second kappa shape index (κ2) is 12.4. The van der Waals surface area contributed by atoms with E-state index in [1.165, 1.54) is 0 Å². The minimum absolute atomic E-state index is 0.0857. The predicted molar refractivity (Wildman–Crippen MR) is 159 cm³/mol. The predicted octanol–water partition coefficient (Wildman–Crippen LogP) is 8.22. The highest BCUT2D eigenvalue weighted by molar-refractivity contribution is 6.07. The first-order chi connectivity index (χ1) is 21.7. The molecule has 3 amide bonds. The fourth-order valence-corrected chi connectivity index (χ4v) is 6.48. The lowest BCUT2D eigenvalue weighted by Gasteiger charge is -2.34. The maximum absolute atomic E-state index is 14.1. The van der Waals surface area contributed by atoms with Gasteiger partial charge in [0.2, 0.25) is 0 Å². The molecule has 1 unspecified atom stereocenters. The average Bonchev–Trinajstić information content (AvgIpc) is 3.50. The smallest absolute Gasteiger partial charge is 0.430 e. The molecule has 6 nitrogen and oxygen atoms in total. The Bertz CT molecular complexity index is 1620. The Labute approximate surface area is 263 Å². The van der Waals surface area contributed by atoms with Crippen LogP contribution in [0.5, 0.6) is 5.75 Å². The summed E-state index contributed by atoms with van der Waals surface area (Å²) in [6.07, 6.45) is -9.32. The molecule has 1 saturated heterocycles. The summed E-state index contributed by atoms with van der Waals surface area (Å²) < 4.78 is 95.1. The molecule has 0 radical (unpaired) electrons. The molecule has 5 rings (SSSR count). The number of nitrogens with zero attached hydrogens (tertiary/aromatic N) is 1. The number of alkyl halides is 6. The summed E-state index contributed by atoms with van der Waals surface area (Å²) in [5, 5.41) is 4.74. The highest BCUT2D eigenvalue weighted by atomic mass is 19.4. The first-order valence-corrected chi connectivity index (χ1v) is 15.4. The van der Waals surface area contributed by atoms with Crippen LogP contribution in [0.4, 0.5) is 31.1 Å². The lowest BCUT2D eigenvalue weighted by molar-refractivity contribution is -0.385. The molecule has 2 heterocycles. The molecule has 2 aliphatic rings. The van der Waals surface area contributed by atoms with Gasteiger partial charge in [0.15, 0.2) is 0 Å². The summed E-state index contributed by atoms with van der Waals surface area (Å²) in [6.45, 7) is 4.57. The number of benzene rings is 3. The summed E-state index contributed by atoms with van der Waals surface area (Å²) in [5.41, 5.74) is -5.49. The third-order valence-corrected chi connectivity index (χ3v) is 8.83. The topological polar surface area (TPSA) is 67.9 Å². The first kappa shape index (κ1) is 33.6. The molecule has 0 spiro atoms. The lowest BCUT2D eigenvalue weighted by Crippen LogP contribution is -2.53. The monoisotopic (exact) mass is 650 g/mol. The number of carbonyl (C=O) groups excluding carboxylic acids is 2. The Morgan fingerprint density at radius 1 is 0.913 bits per heavy atom. The Morgan fingerprint density at radius 3 is 2.24 bits per heavy atom. The van der Waals surface area contributed by atoms with Crippen LogP contribution < -0.4 is 10.1 Å². The van der Waals surface area contributed by atoms with E-state index < -0.39 is 41.7 Å². The maximum Gasteiger partial charge on any atom is 0.430 e. The van der Waals surface area contributed by atoms with Crippen molar-refractivity contribution in [3.05, 3.63) is 76.3 Å². The first-order valence-electron chi connectivity index (χ1n) is 15.4. The summed E-state index contributed by atoms with van der Waals surface area (Å²) in [6, 6.07) is 13.7. The number of rotatable bonds is 11. The largest absolute Gasteiger partial charge is 0.493 e. The number of aryl methyl sites for hydroxylation is 1. The number of hydrogen-bond donors (Lipinski definition) is 1. The van der Waals surface area contributed by atoms with Gasteiger partial charge in [-0.1, -0.05) is 63.1 Å². The zero-order chi connectivity index (χ0) is 33.5. The molecule has 1 fully saturated rings. The van der Waals surface area contributed by atoms with Gasteiger partial charge in [0, 0.05) is 17.7 Å². The average molecular weight is 651 g/mol. The number of unbranched alkanes of at least 4 members (excludes halogenated alkanes) is 1. The summed E-state index contributed by atoms with van der Waals surface area (Å²) >= 11 is 0. The molecule has 248 valence electrons. The van der Waals surface area contributed by atoms with Crippen LogP contribution in [0.25, 0.3) is 10.8 Å². The van der Waals surface area contributed by atoms with Gasteiger partial charge in [-0.3, -0.25) is 9.69 Å². The van der Waals surface area contributed by atoms with E-state index in [2.05, 4.69) is 10.1 Å². The van der Waals surface area contributed by atoms with Crippen LogP contribution in [0.3, 0.4) is 0 Å². The molecule has 1 N–H and O–H groups in total. The van der Waals surface area contributed by atoms with Crippen molar-refractivity contribution < 1.29 is 45.4 Å². The van der Waals surface area contributed by atoms with Crippen LogP contribution in [0.2, 0.25) is 0 Å². The lowest BCUT2D eigenvalue weighted by atomic mass is 9.84. The molecule has 0 aromatic heterocycles. The van der Waals surface area contributed by atoms with Gasteiger partial charge >= 0.3 is 18.4 Å². The van der Waals surface area contributed by atoms with E-state index in [4.69, 9.17) is 4.74 Å². The zero-order valence-corrected chi connectivity index (χ0v) is 25.8. The van der Waals surface area contributed by atoms with E-state index in [1.54, 1.807) is 20.8 Å². The number of imide groups is 1. The highest BCUT2D eigenvalue weighted by Crippen LogP contribution is 2.58. The number of carbonyl (C=O) groups is 2. The summed E-state index contributed by atoms with van der Waals surface area (Å²) in [7, 11) is 0. The number of halogens is 6. The normalized spacial score (nSPS) is 19.5. The van der Waals surface area contributed by atoms with E-state index in [-0.39, 0.29) is 48.8 Å². The molecule has 0 saturated carbocycles. The van der Waals surface area contributed by atoms with Gasteiger partial charge < -0.3 is 14.8 Å². The highest BCUT2D eigenvalue weighted by Gasteiger charge is 2.76. The fraction of sp³-hybridized carbons (Fsp3) is 0.471. The Morgan fingerprint density at radius 2 is 1.59 bits per heavy atom. The van der Waals surface area contributed by atoms with Crippen molar-refractivity contribution >= 4 is 22.7 Å². The second-order valence-corrected chi connectivity index (χ2v) is 12.0. The van der Waals surface area contributed by atoms with Gasteiger partial charge in [0.25, 0.3) is 11.5 Å². The standard InChI is InChI=1S/C34H36F6N2O4/c1-4-10-23-19-27-26(20-46-32(27,33(35,36)37)34(38,39)40)25(11-5-2)28(23)45-17-9-8-16-42-29(43)31(3,41-30(42)44)24-15-14-21-12-6-7-13-22(21)18-24/h6-7,12-15,18-19H,4-5,8-11,16-17,20H2,1-3H3,(H,41,44). The van der Waals surface area contributed by atoms with Crippen molar-refractivity contribution in [3.8, 4) is 5.75 Å². The van der Waals surface area contributed by atoms with Crippen LogP contribution in [-0.2, 0) is 40.1 Å². The van der Waals surface area contributed by atoms with Crippen molar-refractivity contribution in [1.29, 1.82) is 0 Å². The molecule has 12 heteroatoms. The molecule has 3 aromatic carbocycles. The minimum Gasteiger partial charge on any atom is -0.493 e.